The summed E-state index contributed by atoms with van der Waals surface area (Å²) in [7, 11) is 0. The van der Waals surface area contributed by atoms with Crippen LogP contribution in [0.25, 0.3) is 0 Å². The van der Waals surface area contributed by atoms with E-state index in [-0.39, 0.29) is 5.41 Å². The number of rotatable bonds is 0. The first-order chi connectivity index (χ1) is 4.52. The van der Waals surface area contributed by atoms with E-state index in [0.29, 0.717) is 0 Å². The molecule has 0 bridgehead atoms. The summed E-state index contributed by atoms with van der Waals surface area (Å²) in [6.07, 6.45) is 7.35. The van der Waals surface area contributed by atoms with Crippen LogP contribution in [0.3, 0.4) is 0 Å². The molecule has 0 saturated heterocycles. The molecule has 10 heavy (non-hydrogen) atoms. The molecule has 0 nitrogen and oxygen atoms in total. The zero-order valence-corrected chi connectivity index (χ0v) is 7.15. The van der Waals surface area contributed by atoms with E-state index >= 15 is 0 Å². The monoisotopic (exact) mass is 134 g/mol. The van der Waals surface area contributed by atoms with Crippen LogP contribution >= 0.6 is 0 Å². The smallest absolute Gasteiger partial charge is 0.0386 e. The minimum absolute atomic E-state index is 0.258. The van der Waals surface area contributed by atoms with E-state index in [1.807, 2.05) is 6.08 Å². The molecule has 0 aromatic carbocycles. The molecule has 0 aliphatic heterocycles. The maximum atomic E-state index is 3.25. The lowest BCUT2D eigenvalue weighted by Gasteiger charge is -2.21. The summed E-state index contributed by atoms with van der Waals surface area (Å²) in [5.74, 6) is 0. The molecule has 0 aromatic rings. The zero-order chi connectivity index (χ0) is 7.78. The molecule has 54 valence electrons. The van der Waals surface area contributed by atoms with Gasteiger partial charge in [-0.05, 0) is 17.9 Å². The standard InChI is InChI=1S/C10H14/c1-8-6-5-7-9(8)10(2,3)4/h5-6H,1-4H3. The molecule has 0 saturated carbocycles. The molecule has 0 heteroatoms. The first-order valence-corrected chi connectivity index (χ1v) is 3.66. The molecule has 0 amide bonds. The van der Waals surface area contributed by atoms with Crippen molar-refractivity contribution in [1.29, 1.82) is 0 Å². The van der Waals surface area contributed by atoms with Gasteiger partial charge in [0.25, 0.3) is 0 Å². The van der Waals surface area contributed by atoms with E-state index in [4.69, 9.17) is 0 Å². The topological polar surface area (TPSA) is 0 Å². The molecule has 1 aliphatic rings. The second-order valence-electron chi connectivity index (χ2n) is 3.79. The Morgan fingerprint density at radius 3 is 2.10 bits per heavy atom. The Kier molecular flexibility index (Phi) is 1.72. The van der Waals surface area contributed by atoms with Crippen LogP contribution in [0, 0.1) is 11.8 Å². The molecule has 0 fully saturated rings. The van der Waals surface area contributed by atoms with Crippen molar-refractivity contribution >= 4 is 0 Å². The summed E-state index contributed by atoms with van der Waals surface area (Å²) in [6, 6.07) is 0. The molecular formula is C10H14. The molecule has 1 rings (SSSR count). The van der Waals surface area contributed by atoms with E-state index in [1.54, 1.807) is 0 Å². The largest absolute Gasteiger partial charge is 0.0715 e. The average Bonchev–Trinajstić information content (AvgIpc) is 2.11. The average molecular weight is 134 g/mol. The molecule has 0 spiro atoms. The highest BCUT2D eigenvalue weighted by Crippen LogP contribution is 2.33. The maximum Gasteiger partial charge on any atom is 0.0386 e. The van der Waals surface area contributed by atoms with Crippen LogP contribution in [-0.4, -0.2) is 0 Å². The highest BCUT2D eigenvalue weighted by molar-refractivity contribution is 5.43. The minimum atomic E-state index is 0.258. The number of allylic oxidation sites excluding steroid dienone is 4. The zero-order valence-electron chi connectivity index (χ0n) is 7.15. The van der Waals surface area contributed by atoms with Gasteiger partial charge in [-0.3, -0.25) is 0 Å². The third kappa shape index (κ3) is 1.31. The van der Waals surface area contributed by atoms with Gasteiger partial charge in [0.15, 0.2) is 0 Å². The Bertz CT molecular complexity index is 187. The van der Waals surface area contributed by atoms with Gasteiger partial charge in [-0.25, -0.2) is 0 Å². The lowest BCUT2D eigenvalue weighted by atomic mass is 9.84. The van der Waals surface area contributed by atoms with Crippen LogP contribution in [0.15, 0.2) is 23.3 Å². The highest BCUT2D eigenvalue weighted by atomic mass is 14.2. The maximum absolute atomic E-state index is 3.25. The number of hydrogen-bond donors (Lipinski definition) is 0. The van der Waals surface area contributed by atoms with Gasteiger partial charge in [0, 0.05) is 6.42 Å². The Labute approximate surface area is 63.6 Å². The van der Waals surface area contributed by atoms with E-state index in [0.717, 1.165) is 0 Å². The van der Waals surface area contributed by atoms with Gasteiger partial charge in [-0.1, -0.05) is 38.5 Å². The summed E-state index contributed by atoms with van der Waals surface area (Å²) >= 11 is 0. The van der Waals surface area contributed by atoms with Crippen molar-refractivity contribution < 1.29 is 0 Å². The Balaban J connectivity index is 2.86. The van der Waals surface area contributed by atoms with Crippen molar-refractivity contribution in [2.45, 2.75) is 27.7 Å². The van der Waals surface area contributed by atoms with Crippen molar-refractivity contribution in [3.8, 4) is 0 Å². The van der Waals surface area contributed by atoms with Gasteiger partial charge in [-0.2, -0.15) is 0 Å². The van der Waals surface area contributed by atoms with Crippen LogP contribution in [0.4, 0.5) is 0 Å². The van der Waals surface area contributed by atoms with Crippen molar-refractivity contribution in [3.63, 3.8) is 0 Å². The second kappa shape index (κ2) is 2.26. The summed E-state index contributed by atoms with van der Waals surface area (Å²) in [4.78, 5) is 0. The van der Waals surface area contributed by atoms with E-state index in [1.165, 1.54) is 11.1 Å². The molecule has 0 unspecified atom stereocenters. The highest BCUT2D eigenvalue weighted by Gasteiger charge is 2.20. The first-order valence-electron chi connectivity index (χ1n) is 3.66. The predicted molar refractivity (Wildman–Crippen MR) is 44.5 cm³/mol. The third-order valence-electron chi connectivity index (χ3n) is 1.71. The Hall–Kier alpha value is -0.520. The van der Waals surface area contributed by atoms with Gasteiger partial charge in [0.2, 0.25) is 0 Å². The van der Waals surface area contributed by atoms with Crippen LogP contribution in [-0.2, 0) is 0 Å². The fraction of sp³-hybridized carbons (Fsp3) is 0.500. The Morgan fingerprint density at radius 1 is 1.30 bits per heavy atom. The third-order valence-corrected chi connectivity index (χ3v) is 1.71. The predicted octanol–water partition coefficient (Wildman–Crippen LogP) is 3.00. The van der Waals surface area contributed by atoms with Gasteiger partial charge in [-0.15, -0.1) is 0 Å². The van der Waals surface area contributed by atoms with Crippen LogP contribution in [0.1, 0.15) is 27.7 Å². The lowest BCUT2D eigenvalue weighted by Crippen LogP contribution is -2.08. The molecule has 0 atom stereocenters. The molecular weight excluding hydrogens is 120 g/mol. The van der Waals surface area contributed by atoms with Gasteiger partial charge < -0.3 is 0 Å². The fourth-order valence-corrected chi connectivity index (χ4v) is 1.26. The summed E-state index contributed by atoms with van der Waals surface area (Å²) in [5, 5.41) is 0. The fourth-order valence-electron chi connectivity index (χ4n) is 1.26. The minimum Gasteiger partial charge on any atom is -0.0715 e. The summed E-state index contributed by atoms with van der Waals surface area (Å²) < 4.78 is 0. The SMILES string of the molecule is CC1=C(C(C)(C)C)[C]C=C1. The molecule has 0 heterocycles. The van der Waals surface area contributed by atoms with Crippen molar-refractivity contribution in [2.75, 3.05) is 0 Å². The molecule has 0 aromatic heterocycles. The first kappa shape index (κ1) is 7.59. The quantitative estimate of drug-likeness (QED) is 0.477. The van der Waals surface area contributed by atoms with E-state index in [2.05, 4.69) is 40.2 Å². The summed E-state index contributed by atoms with van der Waals surface area (Å²) in [5.41, 5.74) is 2.95. The molecule has 2 radical (unpaired) electrons. The van der Waals surface area contributed by atoms with Gasteiger partial charge in [0.1, 0.15) is 0 Å². The molecule has 1 aliphatic carbocycles. The summed E-state index contributed by atoms with van der Waals surface area (Å²) in [6.45, 7) is 8.78. The van der Waals surface area contributed by atoms with Gasteiger partial charge >= 0.3 is 0 Å². The van der Waals surface area contributed by atoms with Crippen molar-refractivity contribution in [3.05, 3.63) is 29.7 Å². The van der Waals surface area contributed by atoms with Crippen LogP contribution in [0.2, 0.25) is 0 Å². The lowest BCUT2D eigenvalue weighted by molar-refractivity contribution is 0.509. The van der Waals surface area contributed by atoms with E-state index < -0.39 is 0 Å². The van der Waals surface area contributed by atoms with Crippen LogP contribution in [0.5, 0.6) is 0 Å². The number of hydrogen-bond acceptors (Lipinski definition) is 0. The van der Waals surface area contributed by atoms with E-state index in [9.17, 15) is 0 Å². The van der Waals surface area contributed by atoms with Crippen molar-refractivity contribution in [2.24, 2.45) is 5.41 Å². The normalized spacial score (nSPS) is 18.8. The van der Waals surface area contributed by atoms with Crippen molar-refractivity contribution in [1.82, 2.24) is 0 Å². The van der Waals surface area contributed by atoms with Gasteiger partial charge in [0.05, 0.1) is 0 Å². The van der Waals surface area contributed by atoms with Crippen LogP contribution < -0.4 is 0 Å². The molecule has 0 N–H and O–H groups in total. The second-order valence-corrected chi connectivity index (χ2v) is 3.79. The Morgan fingerprint density at radius 2 is 1.90 bits per heavy atom.